The number of amides is 1. The zero-order chi connectivity index (χ0) is 26.7. The Kier molecular flexibility index (Phi) is 7.58. The predicted octanol–water partition coefficient (Wildman–Crippen LogP) is 2.42. The van der Waals surface area contributed by atoms with Crippen LogP contribution >= 0.6 is 0 Å². The Morgan fingerprint density at radius 2 is 2.08 bits per heavy atom. The summed E-state index contributed by atoms with van der Waals surface area (Å²) in [5.74, 6) is -1.31. The van der Waals surface area contributed by atoms with E-state index < -0.39 is 11.6 Å². The molecule has 1 aliphatic rings. The molecule has 0 spiro atoms. The molecule has 5 rings (SSSR count). The van der Waals surface area contributed by atoms with Gasteiger partial charge in [-0.1, -0.05) is 0 Å². The van der Waals surface area contributed by atoms with Crippen LogP contribution in [0.2, 0.25) is 0 Å². The number of halogens is 2. The highest BCUT2D eigenvalue weighted by Crippen LogP contribution is 2.24. The van der Waals surface area contributed by atoms with Gasteiger partial charge >= 0.3 is 0 Å². The minimum atomic E-state index is -0.808. The lowest BCUT2D eigenvalue weighted by Gasteiger charge is -2.23. The lowest BCUT2D eigenvalue weighted by atomic mass is 10.1. The monoisotopic (exact) mass is 511 g/mol. The number of fused-ring (bicyclic) bond motifs is 3. The smallest absolute Gasteiger partial charge is 0.276 e. The Labute approximate surface area is 211 Å². The highest BCUT2D eigenvalue weighted by molar-refractivity contribution is 5.93. The van der Waals surface area contributed by atoms with Crippen molar-refractivity contribution in [2.24, 2.45) is 0 Å². The van der Waals surface area contributed by atoms with Gasteiger partial charge in [0.1, 0.15) is 11.3 Å². The Hall–Kier alpha value is -4.18. The lowest BCUT2D eigenvalue weighted by Crippen LogP contribution is -2.35. The molecule has 37 heavy (non-hydrogen) atoms. The first-order chi connectivity index (χ1) is 17.8. The quantitative estimate of drug-likeness (QED) is 0.375. The van der Waals surface area contributed by atoms with Crippen LogP contribution in [0.1, 0.15) is 48.5 Å². The highest BCUT2D eigenvalue weighted by atomic mass is 19.1. The summed E-state index contributed by atoms with van der Waals surface area (Å²) in [5, 5.41) is 13.1. The van der Waals surface area contributed by atoms with Crippen LogP contribution in [0.5, 0.6) is 0 Å². The molecular formula is C24H27F2N9O2. The number of carbonyl (C=O) groups is 1. The van der Waals surface area contributed by atoms with Crippen molar-refractivity contribution in [2.75, 3.05) is 26.0 Å². The molecule has 2 atom stereocenters. The molecule has 194 valence electrons. The van der Waals surface area contributed by atoms with Crippen LogP contribution in [0, 0.1) is 24.5 Å². The molecule has 0 saturated carbocycles. The van der Waals surface area contributed by atoms with E-state index in [0.29, 0.717) is 44.0 Å². The molecule has 2 N–H and O–H groups in total. The van der Waals surface area contributed by atoms with Crippen LogP contribution in [-0.4, -0.2) is 71.7 Å². The molecule has 4 aromatic rings. The maximum Gasteiger partial charge on any atom is 0.276 e. The third kappa shape index (κ3) is 5.19. The van der Waals surface area contributed by atoms with Gasteiger partial charge in [0.25, 0.3) is 5.91 Å². The van der Waals surface area contributed by atoms with Crippen molar-refractivity contribution in [3.8, 4) is 12.8 Å². The maximum atomic E-state index is 14.1. The van der Waals surface area contributed by atoms with Gasteiger partial charge in [-0.25, -0.2) is 18.7 Å². The summed E-state index contributed by atoms with van der Waals surface area (Å²) in [7, 11) is 1.73. The van der Waals surface area contributed by atoms with Gasteiger partial charge < -0.3 is 15.4 Å². The van der Waals surface area contributed by atoms with Crippen molar-refractivity contribution >= 4 is 28.4 Å². The van der Waals surface area contributed by atoms with Crippen LogP contribution in [0.25, 0.3) is 16.6 Å². The molecule has 1 aliphatic heterocycles. The molecule has 3 aromatic heterocycles. The number of ether oxygens (including phenoxy) is 1. The summed E-state index contributed by atoms with van der Waals surface area (Å²) in [4.78, 5) is 24.5. The van der Waals surface area contributed by atoms with E-state index in [1.165, 1.54) is 10.7 Å². The van der Waals surface area contributed by atoms with Gasteiger partial charge in [0.05, 0.1) is 24.2 Å². The summed E-state index contributed by atoms with van der Waals surface area (Å²) >= 11 is 0. The maximum absolute atomic E-state index is 14.1. The third-order valence-corrected chi connectivity index (χ3v) is 6.33. The Morgan fingerprint density at radius 3 is 2.81 bits per heavy atom. The second-order valence-corrected chi connectivity index (χ2v) is 8.74. The topological polar surface area (TPSA) is 129 Å². The largest absolute Gasteiger partial charge is 0.379 e. The second-order valence-electron chi connectivity index (χ2n) is 8.74. The molecule has 1 saturated heterocycles. The van der Waals surface area contributed by atoms with Crippen molar-refractivity contribution in [1.82, 2.24) is 39.5 Å². The van der Waals surface area contributed by atoms with Crippen molar-refractivity contribution in [2.45, 2.75) is 44.7 Å². The molecule has 0 bridgehead atoms. The number of terminal acetylenes is 1. The summed E-state index contributed by atoms with van der Waals surface area (Å²) in [6.45, 7) is 3.17. The number of nitrogens with zero attached hydrogens (tertiary/aromatic N) is 8. The van der Waals surface area contributed by atoms with Crippen LogP contribution < -0.4 is 5.73 Å². The van der Waals surface area contributed by atoms with E-state index in [1.807, 2.05) is 6.92 Å². The SMILES string of the molecule is C#C.C[C@@H](CCCc1nc2c3cc(F)cc(F)c3nc(N)n2n1)N(C)C(=O)c1cnn(C2CCOC2)n1. The van der Waals surface area contributed by atoms with Gasteiger partial charge in [-0.3, -0.25) is 4.79 Å². The van der Waals surface area contributed by atoms with Crippen LogP contribution in [0.15, 0.2) is 18.3 Å². The van der Waals surface area contributed by atoms with Crippen molar-refractivity contribution in [3.63, 3.8) is 0 Å². The Bertz CT molecular complexity index is 1440. The highest BCUT2D eigenvalue weighted by Gasteiger charge is 2.24. The van der Waals surface area contributed by atoms with Crippen molar-refractivity contribution in [3.05, 3.63) is 41.5 Å². The van der Waals surface area contributed by atoms with Gasteiger partial charge in [0, 0.05) is 32.2 Å². The number of hydrogen-bond acceptors (Lipinski definition) is 8. The Morgan fingerprint density at radius 1 is 1.30 bits per heavy atom. The summed E-state index contributed by atoms with van der Waals surface area (Å²) in [5.41, 5.74) is 6.40. The number of benzene rings is 1. The first-order valence-electron chi connectivity index (χ1n) is 11.7. The van der Waals surface area contributed by atoms with E-state index >= 15 is 0 Å². The zero-order valence-electron chi connectivity index (χ0n) is 20.5. The normalized spacial score (nSPS) is 16.0. The summed E-state index contributed by atoms with van der Waals surface area (Å²) < 4.78 is 34.5. The average Bonchev–Trinajstić information content (AvgIpc) is 3.66. The third-order valence-electron chi connectivity index (χ3n) is 6.33. The molecule has 13 heteroatoms. The number of hydrogen-bond donors (Lipinski definition) is 1. The van der Waals surface area contributed by atoms with E-state index in [4.69, 9.17) is 10.5 Å². The molecule has 1 unspecified atom stereocenters. The number of carbonyl (C=O) groups excluding carboxylic acids is 1. The minimum absolute atomic E-state index is 0.0346. The van der Waals surface area contributed by atoms with Crippen LogP contribution in [-0.2, 0) is 11.2 Å². The standard InChI is InChI=1S/C22H25F2N9O2.C2H2/c1-12(31(2)21(34)17-10-26-33(29-17)14-6-7-35-11-14)4-3-5-18-27-20-15-8-13(23)9-16(24)19(15)28-22(25)32(20)30-18;1-2/h8-10,12,14H,3-7,11H2,1-2H3,(H2,25,28);1-2H/t12-,14?;/m0./s1. The molecule has 0 aliphatic carbocycles. The van der Waals surface area contributed by atoms with E-state index in [0.717, 1.165) is 18.6 Å². The average molecular weight is 512 g/mol. The van der Waals surface area contributed by atoms with Gasteiger partial charge in [-0.15, -0.1) is 23.0 Å². The van der Waals surface area contributed by atoms with Crippen molar-refractivity contribution in [1.29, 1.82) is 0 Å². The van der Waals surface area contributed by atoms with E-state index in [-0.39, 0.29) is 40.5 Å². The first-order valence-corrected chi connectivity index (χ1v) is 11.7. The number of nitrogens with two attached hydrogens (primary N) is 1. The molecule has 1 aromatic carbocycles. The summed E-state index contributed by atoms with van der Waals surface area (Å²) in [6.07, 6.45) is 12.2. The number of rotatable bonds is 7. The number of anilines is 1. The summed E-state index contributed by atoms with van der Waals surface area (Å²) in [6, 6.07) is 1.91. The van der Waals surface area contributed by atoms with Gasteiger partial charge in [0.15, 0.2) is 23.0 Å². The second kappa shape index (κ2) is 10.8. The van der Waals surface area contributed by atoms with Crippen LogP contribution in [0.4, 0.5) is 14.7 Å². The first kappa shape index (κ1) is 25.9. The fraction of sp³-hybridized carbons (Fsp3) is 0.417. The fourth-order valence-corrected chi connectivity index (χ4v) is 4.19. The number of nitrogen functional groups attached to an aromatic ring is 1. The Balaban J connectivity index is 0.00000156. The molecular weight excluding hydrogens is 484 g/mol. The molecule has 4 heterocycles. The van der Waals surface area contributed by atoms with Crippen molar-refractivity contribution < 1.29 is 18.3 Å². The molecule has 11 nitrogen and oxygen atoms in total. The lowest BCUT2D eigenvalue weighted by molar-refractivity contribution is 0.0728. The number of aromatic nitrogens is 7. The van der Waals surface area contributed by atoms with E-state index in [1.54, 1.807) is 16.7 Å². The van der Waals surface area contributed by atoms with Gasteiger partial charge in [0.2, 0.25) is 5.95 Å². The van der Waals surface area contributed by atoms with E-state index in [9.17, 15) is 13.6 Å². The van der Waals surface area contributed by atoms with Gasteiger partial charge in [-0.05, 0) is 32.3 Å². The van der Waals surface area contributed by atoms with Gasteiger partial charge in [-0.2, -0.15) is 14.4 Å². The molecule has 1 fully saturated rings. The van der Waals surface area contributed by atoms with E-state index in [2.05, 4.69) is 38.1 Å². The fourth-order valence-electron chi connectivity index (χ4n) is 4.19. The molecule has 1 amide bonds. The predicted molar refractivity (Wildman–Crippen MR) is 131 cm³/mol. The van der Waals surface area contributed by atoms with Crippen LogP contribution in [0.3, 0.4) is 0 Å². The zero-order valence-corrected chi connectivity index (χ0v) is 20.5. The minimum Gasteiger partial charge on any atom is -0.379 e. The molecule has 0 radical (unpaired) electrons. The number of aryl methyl sites for hydroxylation is 1.